The number of hydrogen-bond donors (Lipinski definition) is 1. The summed E-state index contributed by atoms with van der Waals surface area (Å²) in [6.45, 7) is 3.85. The van der Waals surface area contributed by atoms with Crippen LogP contribution < -0.4 is 0 Å². The molecule has 1 saturated heterocycles. The van der Waals surface area contributed by atoms with Crippen LogP contribution in [0.4, 0.5) is 0 Å². The Balaban J connectivity index is 2.12. The maximum atomic E-state index is 11.2. The molecule has 1 unspecified atom stereocenters. The molecular formula is C14H21N3O2. The molecular weight excluding hydrogens is 242 g/mol. The molecule has 1 fully saturated rings. The van der Waals surface area contributed by atoms with Crippen molar-refractivity contribution in [3.05, 3.63) is 23.8 Å². The highest BCUT2D eigenvalue weighted by Gasteiger charge is 2.23. The van der Waals surface area contributed by atoms with Crippen molar-refractivity contribution in [2.24, 2.45) is 0 Å². The van der Waals surface area contributed by atoms with E-state index in [0.717, 1.165) is 13.0 Å². The molecule has 0 aromatic carbocycles. The number of aromatic nitrogens is 2. The average Bonchev–Trinajstić information content (AvgIpc) is 2.42. The number of aromatic carboxylic acids is 1. The molecule has 0 saturated carbocycles. The van der Waals surface area contributed by atoms with E-state index in [1.807, 2.05) is 0 Å². The van der Waals surface area contributed by atoms with Crippen molar-refractivity contribution in [3.8, 4) is 0 Å². The van der Waals surface area contributed by atoms with E-state index in [1.54, 1.807) is 0 Å². The molecule has 1 aromatic rings. The summed E-state index contributed by atoms with van der Waals surface area (Å²) in [5.74, 6) is -0.945. The Morgan fingerprint density at radius 3 is 3.11 bits per heavy atom. The van der Waals surface area contributed by atoms with Crippen LogP contribution in [-0.4, -0.2) is 38.5 Å². The minimum absolute atomic E-state index is 0.225. The second kappa shape index (κ2) is 6.61. The summed E-state index contributed by atoms with van der Waals surface area (Å²) in [7, 11) is 0. The van der Waals surface area contributed by atoms with Crippen molar-refractivity contribution < 1.29 is 9.90 Å². The Kier molecular flexibility index (Phi) is 4.85. The van der Waals surface area contributed by atoms with E-state index in [0.29, 0.717) is 18.3 Å². The quantitative estimate of drug-likeness (QED) is 0.883. The van der Waals surface area contributed by atoms with Gasteiger partial charge in [0, 0.05) is 18.8 Å². The van der Waals surface area contributed by atoms with Crippen molar-refractivity contribution in [2.75, 3.05) is 6.54 Å². The molecule has 19 heavy (non-hydrogen) atoms. The van der Waals surface area contributed by atoms with Gasteiger partial charge in [-0.3, -0.25) is 4.90 Å². The zero-order valence-electron chi connectivity index (χ0n) is 11.4. The molecule has 0 aliphatic carbocycles. The Labute approximate surface area is 113 Å². The first-order valence-corrected chi connectivity index (χ1v) is 6.98. The molecule has 1 aromatic heterocycles. The van der Waals surface area contributed by atoms with Crippen molar-refractivity contribution in [2.45, 2.75) is 51.6 Å². The normalized spacial score (nSPS) is 20.4. The van der Waals surface area contributed by atoms with Crippen molar-refractivity contribution in [1.29, 1.82) is 0 Å². The van der Waals surface area contributed by atoms with Gasteiger partial charge in [0.2, 0.25) is 0 Å². The largest absolute Gasteiger partial charge is 0.478 e. The van der Waals surface area contributed by atoms with Gasteiger partial charge in [0.15, 0.2) is 0 Å². The number of rotatable bonds is 5. The zero-order chi connectivity index (χ0) is 13.7. The van der Waals surface area contributed by atoms with Gasteiger partial charge in [-0.25, -0.2) is 14.8 Å². The van der Waals surface area contributed by atoms with Crippen LogP contribution in [0, 0.1) is 0 Å². The van der Waals surface area contributed by atoms with Crippen molar-refractivity contribution >= 4 is 5.97 Å². The van der Waals surface area contributed by atoms with E-state index >= 15 is 0 Å². The Hall–Kier alpha value is -1.49. The van der Waals surface area contributed by atoms with E-state index in [9.17, 15) is 4.79 Å². The Morgan fingerprint density at radius 2 is 2.37 bits per heavy atom. The van der Waals surface area contributed by atoms with Crippen LogP contribution in [0.1, 0.15) is 55.1 Å². The topological polar surface area (TPSA) is 66.3 Å². The van der Waals surface area contributed by atoms with Crippen LogP contribution >= 0.6 is 0 Å². The molecule has 2 heterocycles. The zero-order valence-corrected chi connectivity index (χ0v) is 11.4. The monoisotopic (exact) mass is 263 g/mol. The van der Waals surface area contributed by atoms with Crippen LogP contribution in [0.3, 0.4) is 0 Å². The molecule has 1 N–H and O–H groups in total. The minimum Gasteiger partial charge on any atom is -0.478 e. The lowest BCUT2D eigenvalue weighted by atomic mass is 9.98. The van der Waals surface area contributed by atoms with Gasteiger partial charge in [0.25, 0.3) is 0 Å². The molecule has 104 valence electrons. The molecule has 0 radical (unpaired) electrons. The van der Waals surface area contributed by atoms with Gasteiger partial charge < -0.3 is 5.11 Å². The predicted molar refractivity (Wildman–Crippen MR) is 71.9 cm³/mol. The fraction of sp³-hybridized carbons (Fsp3) is 0.643. The number of likely N-dealkylation sites (tertiary alicyclic amines) is 1. The summed E-state index contributed by atoms with van der Waals surface area (Å²) in [6, 6.07) is 0.565. The number of piperidine rings is 1. The van der Waals surface area contributed by atoms with Crippen LogP contribution in [0.2, 0.25) is 0 Å². The highest BCUT2D eigenvalue weighted by molar-refractivity contribution is 5.88. The Bertz CT molecular complexity index is 434. The van der Waals surface area contributed by atoms with Crippen LogP contribution in [-0.2, 0) is 6.54 Å². The van der Waals surface area contributed by atoms with Crippen LogP contribution in [0.5, 0.6) is 0 Å². The molecule has 1 aliphatic rings. The summed E-state index contributed by atoms with van der Waals surface area (Å²) >= 11 is 0. The number of carboxylic acids is 1. The maximum Gasteiger partial charge on any atom is 0.339 e. The molecule has 0 amide bonds. The van der Waals surface area contributed by atoms with Gasteiger partial charge in [-0.2, -0.15) is 0 Å². The SMILES string of the molecule is CCCC1CCCCN1Cc1ncncc1C(=O)O. The number of carbonyl (C=O) groups is 1. The van der Waals surface area contributed by atoms with Gasteiger partial charge in [0.1, 0.15) is 11.9 Å². The van der Waals surface area contributed by atoms with E-state index in [2.05, 4.69) is 21.8 Å². The highest BCUT2D eigenvalue weighted by Crippen LogP contribution is 2.23. The Morgan fingerprint density at radius 1 is 1.53 bits per heavy atom. The molecule has 5 heteroatoms. The summed E-state index contributed by atoms with van der Waals surface area (Å²) in [6.07, 6.45) is 8.83. The fourth-order valence-corrected chi connectivity index (χ4v) is 2.78. The maximum absolute atomic E-state index is 11.2. The fourth-order valence-electron chi connectivity index (χ4n) is 2.78. The van der Waals surface area contributed by atoms with E-state index in [1.165, 1.54) is 38.2 Å². The number of carboxylic acid groups (broad SMARTS) is 1. The second-order valence-corrected chi connectivity index (χ2v) is 5.10. The first-order chi connectivity index (χ1) is 9.22. The molecule has 5 nitrogen and oxygen atoms in total. The third kappa shape index (κ3) is 3.50. The summed E-state index contributed by atoms with van der Waals surface area (Å²) in [5, 5.41) is 9.17. The standard InChI is InChI=1S/C14H21N3O2/c1-2-5-11-6-3-4-7-17(11)9-13-12(14(18)19)8-15-10-16-13/h8,10-11H,2-7,9H2,1H3,(H,18,19). The van der Waals surface area contributed by atoms with Crippen LogP contribution in [0.25, 0.3) is 0 Å². The van der Waals surface area contributed by atoms with E-state index in [4.69, 9.17) is 5.11 Å². The molecule has 1 atom stereocenters. The van der Waals surface area contributed by atoms with Gasteiger partial charge >= 0.3 is 5.97 Å². The first kappa shape index (κ1) is 13.9. The van der Waals surface area contributed by atoms with Gasteiger partial charge in [-0.05, 0) is 25.8 Å². The third-order valence-corrected chi connectivity index (χ3v) is 3.75. The number of hydrogen-bond acceptors (Lipinski definition) is 4. The molecule has 0 spiro atoms. The number of nitrogens with zero attached hydrogens (tertiary/aromatic N) is 3. The lowest BCUT2D eigenvalue weighted by molar-refractivity contribution is 0.0690. The lowest BCUT2D eigenvalue weighted by Gasteiger charge is -2.35. The van der Waals surface area contributed by atoms with Crippen LogP contribution in [0.15, 0.2) is 12.5 Å². The molecule has 0 bridgehead atoms. The first-order valence-electron chi connectivity index (χ1n) is 6.98. The lowest BCUT2D eigenvalue weighted by Crippen LogP contribution is -2.39. The van der Waals surface area contributed by atoms with E-state index in [-0.39, 0.29) is 5.56 Å². The molecule has 1 aliphatic heterocycles. The average molecular weight is 263 g/mol. The van der Waals surface area contributed by atoms with Crippen molar-refractivity contribution in [3.63, 3.8) is 0 Å². The predicted octanol–water partition coefficient (Wildman–Crippen LogP) is 2.33. The van der Waals surface area contributed by atoms with E-state index < -0.39 is 5.97 Å². The summed E-state index contributed by atoms with van der Waals surface area (Å²) in [4.78, 5) is 21.5. The van der Waals surface area contributed by atoms with Gasteiger partial charge in [-0.15, -0.1) is 0 Å². The summed E-state index contributed by atoms with van der Waals surface area (Å²) < 4.78 is 0. The summed E-state index contributed by atoms with van der Waals surface area (Å²) in [5.41, 5.74) is 0.855. The third-order valence-electron chi connectivity index (χ3n) is 3.75. The molecule has 2 rings (SSSR count). The highest BCUT2D eigenvalue weighted by atomic mass is 16.4. The smallest absolute Gasteiger partial charge is 0.339 e. The van der Waals surface area contributed by atoms with Crippen molar-refractivity contribution in [1.82, 2.24) is 14.9 Å². The van der Waals surface area contributed by atoms with Gasteiger partial charge in [0.05, 0.1) is 5.69 Å². The van der Waals surface area contributed by atoms with Gasteiger partial charge in [-0.1, -0.05) is 19.8 Å². The second-order valence-electron chi connectivity index (χ2n) is 5.10. The minimum atomic E-state index is -0.945.